The molecule has 8 heteroatoms. The van der Waals surface area contributed by atoms with Gasteiger partial charge in [-0.3, -0.25) is 4.79 Å². The minimum absolute atomic E-state index is 0.0141. The number of carbonyl (C=O) groups is 3. The van der Waals surface area contributed by atoms with Crippen molar-refractivity contribution in [3.8, 4) is 11.1 Å². The van der Waals surface area contributed by atoms with Crippen LogP contribution < -0.4 is 10.6 Å². The zero-order chi connectivity index (χ0) is 22.9. The summed E-state index contributed by atoms with van der Waals surface area (Å²) in [4.78, 5) is 34.6. The molecular formula is C24H28N2O6. The molecule has 2 amide bonds. The molecule has 0 aromatic heterocycles. The first-order valence-corrected chi connectivity index (χ1v) is 10.7. The number of unbranched alkanes of at least 4 members (excludes halogenated alkanes) is 2. The number of aliphatic hydroxyl groups excluding tert-OH is 1. The lowest BCUT2D eigenvalue weighted by molar-refractivity contribution is -0.142. The summed E-state index contributed by atoms with van der Waals surface area (Å²) in [5.74, 6) is -1.68. The Kier molecular flexibility index (Phi) is 8.21. The molecule has 0 fully saturated rings. The zero-order valence-electron chi connectivity index (χ0n) is 17.8. The smallest absolute Gasteiger partial charge is 0.407 e. The monoisotopic (exact) mass is 440 g/mol. The van der Waals surface area contributed by atoms with Crippen molar-refractivity contribution < 1.29 is 29.3 Å². The molecule has 1 aliphatic carbocycles. The Hall–Kier alpha value is -3.39. The lowest BCUT2D eigenvalue weighted by Gasteiger charge is -2.14. The first-order valence-electron chi connectivity index (χ1n) is 10.7. The van der Waals surface area contributed by atoms with Crippen LogP contribution in [0.3, 0.4) is 0 Å². The second kappa shape index (κ2) is 11.3. The Labute approximate surface area is 186 Å². The molecule has 0 heterocycles. The summed E-state index contributed by atoms with van der Waals surface area (Å²) in [6.07, 6.45) is 1.59. The molecule has 170 valence electrons. The summed E-state index contributed by atoms with van der Waals surface area (Å²) < 4.78 is 5.47. The van der Waals surface area contributed by atoms with Crippen molar-refractivity contribution in [1.82, 2.24) is 10.6 Å². The van der Waals surface area contributed by atoms with E-state index in [0.717, 1.165) is 11.1 Å². The van der Waals surface area contributed by atoms with Crippen LogP contribution in [0.15, 0.2) is 48.5 Å². The molecule has 0 radical (unpaired) electrons. The van der Waals surface area contributed by atoms with Crippen molar-refractivity contribution in [3.63, 3.8) is 0 Å². The fourth-order valence-electron chi connectivity index (χ4n) is 3.88. The van der Waals surface area contributed by atoms with Crippen molar-refractivity contribution in [3.05, 3.63) is 59.7 Å². The van der Waals surface area contributed by atoms with Crippen LogP contribution in [-0.2, 0) is 14.3 Å². The zero-order valence-corrected chi connectivity index (χ0v) is 17.8. The van der Waals surface area contributed by atoms with E-state index in [1.807, 2.05) is 24.3 Å². The number of ether oxygens (including phenoxy) is 1. The molecule has 0 bridgehead atoms. The largest absolute Gasteiger partial charge is 0.480 e. The van der Waals surface area contributed by atoms with Gasteiger partial charge in [0.2, 0.25) is 5.91 Å². The average molecular weight is 440 g/mol. The van der Waals surface area contributed by atoms with E-state index in [-0.39, 0.29) is 18.9 Å². The van der Waals surface area contributed by atoms with Crippen molar-refractivity contribution in [2.75, 3.05) is 19.8 Å². The highest BCUT2D eigenvalue weighted by atomic mass is 16.5. The first kappa shape index (κ1) is 23.3. The van der Waals surface area contributed by atoms with E-state index in [0.29, 0.717) is 25.8 Å². The van der Waals surface area contributed by atoms with E-state index >= 15 is 0 Å². The normalized spacial score (nSPS) is 13.0. The topological polar surface area (TPSA) is 125 Å². The molecule has 3 rings (SSSR count). The predicted octanol–water partition coefficient (Wildman–Crippen LogP) is 2.65. The summed E-state index contributed by atoms with van der Waals surface area (Å²) in [6, 6.07) is 15.0. The molecule has 32 heavy (non-hydrogen) atoms. The van der Waals surface area contributed by atoms with E-state index in [1.165, 1.54) is 11.1 Å². The number of fused-ring (bicyclic) bond motifs is 3. The van der Waals surface area contributed by atoms with Gasteiger partial charge in [0, 0.05) is 18.9 Å². The van der Waals surface area contributed by atoms with Crippen LogP contribution in [0.25, 0.3) is 11.1 Å². The van der Waals surface area contributed by atoms with Crippen LogP contribution in [-0.4, -0.2) is 54.0 Å². The average Bonchev–Trinajstić information content (AvgIpc) is 3.12. The Bertz CT molecular complexity index is 916. The van der Waals surface area contributed by atoms with Crippen LogP contribution in [0.4, 0.5) is 4.79 Å². The number of carbonyl (C=O) groups excluding carboxylic acids is 2. The number of hydrogen-bond acceptors (Lipinski definition) is 5. The van der Waals surface area contributed by atoms with Crippen LogP contribution in [0, 0.1) is 0 Å². The van der Waals surface area contributed by atoms with Crippen LogP contribution >= 0.6 is 0 Å². The van der Waals surface area contributed by atoms with E-state index in [2.05, 4.69) is 34.9 Å². The highest BCUT2D eigenvalue weighted by Crippen LogP contribution is 2.44. The fraction of sp³-hybridized carbons (Fsp3) is 0.375. The number of nitrogens with one attached hydrogen (secondary N) is 2. The SMILES string of the molecule is O=C(CCCCCNC(=O)OCC1c2ccccc2-c2ccccc21)NC(CO)C(=O)O. The number of carboxylic acids is 1. The number of aliphatic hydroxyl groups is 1. The summed E-state index contributed by atoms with van der Waals surface area (Å²) >= 11 is 0. The maximum Gasteiger partial charge on any atom is 0.407 e. The number of alkyl carbamates (subject to hydrolysis) is 1. The Morgan fingerprint density at radius 1 is 0.938 bits per heavy atom. The molecule has 0 saturated heterocycles. The van der Waals surface area contributed by atoms with Crippen molar-refractivity contribution in [2.24, 2.45) is 0 Å². The summed E-state index contributed by atoms with van der Waals surface area (Å²) in [6.45, 7) is 0.0352. The molecule has 8 nitrogen and oxygen atoms in total. The van der Waals surface area contributed by atoms with Crippen molar-refractivity contribution >= 4 is 18.0 Å². The third-order valence-electron chi connectivity index (χ3n) is 5.51. The van der Waals surface area contributed by atoms with Gasteiger partial charge in [-0.25, -0.2) is 9.59 Å². The lowest BCUT2D eigenvalue weighted by atomic mass is 9.98. The minimum Gasteiger partial charge on any atom is -0.480 e. The Balaban J connectivity index is 1.34. The molecule has 1 aliphatic rings. The molecule has 0 spiro atoms. The Morgan fingerprint density at radius 2 is 1.56 bits per heavy atom. The van der Waals surface area contributed by atoms with E-state index < -0.39 is 30.6 Å². The van der Waals surface area contributed by atoms with E-state index in [9.17, 15) is 14.4 Å². The molecule has 0 saturated carbocycles. The van der Waals surface area contributed by atoms with Gasteiger partial charge in [-0.1, -0.05) is 55.0 Å². The van der Waals surface area contributed by atoms with Gasteiger partial charge in [0.15, 0.2) is 0 Å². The summed E-state index contributed by atoms with van der Waals surface area (Å²) in [7, 11) is 0. The quantitative estimate of drug-likeness (QED) is 0.398. The van der Waals surface area contributed by atoms with Gasteiger partial charge in [0.25, 0.3) is 0 Å². The van der Waals surface area contributed by atoms with Crippen molar-refractivity contribution in [1.29, 1.82) is 0 Å². The molecule has 0 aliphatic heterocycles. The maximum absolute atomic E-state index is 12.1. The van der Waals surface area contributed by atoms with Crippen molar-refractivity contribution in [2.45, 2.75) is 37.6 Å². The van der Waals surface area contributed by atoms with Gasteiger partial charge in [0.1, 0.15) is 12.6 Å². The second-order valence-corrected chi connectivity index (χ2v) is 7.70. The Morgan fingerprint density at radius 3 is 2.16 bits per heavy atom. The minimum atomic E-state index is -1.28. The summed E-state index contributed by atoms with van der Waals surface area (Å²) in [5.41, 5.74) is 4.67. The molecule has 2 aromatic carbocycles. The van der Waals surface area contributed by atoms with Crippen LogP contribution in [0.5, 0.6) is 0 Å². The number of amides is 2. The number of hydrogen-bond donors (Lipinski definition) is 4. The van der Waals surface area contributed by atoms with Crippen LogP contribution in [0.1, 0.15) is 42.7 Å². The lowest BCUT2D eigenvalue weighted by Crippen LogP contribution is -2.43. The number of benzene rings is 2. The van der Waals surface area contributed by atoms with Gasteiger partial charge in [-0.15, -0.1) is 0 Å². The molecule has 2 aromatic rings. The standard InChI is InChI=1S/C24H28N2O6/c27-14-21(23(29)30)26-22(28)12-2-1-7-13-25-24(31)32-15-20-18-10-5-3-8-16(18)17-9-4-6-11-19(17)20/h3-6,8-11,20-21,27H,1-2,7,12-15H2,(H,25,31)(H,26,28)(H,29,30). The predicted molar refractivity (Wildman–Crippen MR) is 118 cm³/mol. The highest BCUT2D eigenvalue weighted by Gasteiger charge is 2.28. The van der Waals surface area contributed by atoms with Gasteiger partial charge in [-0.2, -0.15) is 0 Å². The highest BCUT2D eigenvalue weighted by molar-refractivity contribution is 5.83. The van der Waals surface area contributed by atoms with Gasteiger partial charge < -0.3 is 25.6 Å². The van der Waals surface area contributed by atoms with Gasteiger partial charge in [-0.05, 0) is 35.1 Å². The molecule has 1 unspecified atom stereocenters. The molecule has 1 atom stereocenters. The maximum atomic E-state index is 12.1. The molecule has 4 N–H and O–H groups in total. The van der Waals surface area contributed by atoms with Crippen LogP contribution in [0.2, 0.25) is 0 Å². The van der Waals surface area contributed by atoms with E-state index in [1.54, 1.807) is 0 Å². The first-order chi connectivity index (χ1) is 15.5. The third kappa shape index (κ3) is 5.85. The second-order valence-electron chi connectivity index (χ2n) is 7.70. The molecular weight excluding hydrogens is 412 g/mol. The van der Waals surface area contributed by atoms with Gasteiger partial charge in [0.05, 0.1) is 6.61 Å². The van der Waals surface area contributed by atoms with Gasteiger partial charge >= 0.3 is 12.1 Å². The summed E-state index contributed by atoms with van der Waals surface area (Å²) in [5, 5.41) is 22.7. The third-order valence-corrected chi connectivity index (χ3v) is 5.51. The fourth-order valence-corrected chi connectivity index (χ4v) is 3.88. The number of aliphatic carboxylic acids is 1. The number of carboxylic acid groups (broad SMARTS) is 1. The number of rotatable bonds is 11. The van der Waals surface area contributed by atoms with E-state index in [4.69, 9.17) is 14.9 Å².